The minimum atomic E-state index is 0.491. The summed E-state index contributed by atoms with van der Waals surface area (Å²) in [4.78, 5) is 5.14. The van der Waals surface area contributed by atoms with Crippen molar-refractivity contribution in [2.24, 2.45) is 0 Å². The van der Waals surface area contributed by atoms with Crippen molar-refractivity contribution in [3.05, 3.63) is 70.0 Å². The molecule has 0 N–H and O–H groups in total. The van der Waals surface area contributed by atoms with Crippen molar-refractivity contribution in [1.29, 1.82) is 0 Å². The molecule has 0 aromatic heterocycles. The van der Waals surface area contributed by atoms with Crippen molar-refractivity contribution in [1.82, 2.24) is 0 Å². The molecule has 0 radical (unpaired) electrons. The van der Waals surface area contributed by atoms with Crippen molar-refractivity contribution >= 4 is 11.4 Å². The predicted octanol–water partition coefficient (Wildman–Crippen LogP) is 8.72. The summed E-state index contributed by atoms with van der Waals surface area (Å²) in [5, 5.41) is 0. The van der Waals surface area contributed by atoms with Crippen LogP contribution in [0.2, 0.25) is 0 Å². The fourth-order valence-electron chi connectivity index (χ4n) is 4.87. The molecule has 1 aliphatic heterocycles. The topological polar surface area (TPSA) is 6.48 Å². The van der Waals surface area contributed by atoms with Gasteiger partial charge < -0.3 is 9.80 Å². The van der Waals surface area contributed by atoms with Crippen LogP contribution in [-0.2, 0) is 0 Å². The third-order valence-corrected chi connectivity index (χ3v) is 6.84. The Morgan fingerprint density at radius 1 is 0.516 bits per heavy atom. The first kappa shape index (κ1) is 23.4. The Bertz CT molecular complexity index is 833. The van der Waals surface area contributed by atoms with E-state index in [1.165, 1.54) is 45.0 Å². The fourth-order valence-corrected chi connectivity index (χ4v) is 4.87. The number of nitrogens with zero attached hydrogens (tertiary/aromatic N) is 2. The first-order valence-electron chi connectivity index (χ1n) is 12.0. The van der Waals surface area contributed by atoms with Crippen molar-refractivity contribution in [3.8, 4) is 0 Å². The molecule has 0 aliphatic carbocycles. The molecular formula is C29H42N2. The summed E-state index contributed by atoms with van der Waals surface area (Å²) in [6.45, 7) is 24.0. The van der Waals surface area contributed by atoms with E-state index in [0.29, 0.717) is 23.7 Å². The van der Waals surface area contributed by atoms with E-state index in [2.05, 4.69) is 115 Å². The number of benzene rings is 2. The normalized spacial score (nSPS) is 14.9. The summed E-state index contributed by atoms with van der Waals surface area (Å²) < 4.78 is 0. The zero-order chi connectivity index (χ0) is 23.0. The quantitative estimate of drug-likeness (QED) is 0.463. The summed E-state index contributed by atoms with van der Waals surface area (Å²) in [6, 6.07) is 13.7. The van der Waals surface area contributed by atoms with Gasteiger partial charge in [0.15, 0.2) is 0 Å². The van der Waals surface area contributed by atoms with Crippen LogP contribution in [0, 0.1) is 0 Å². The minimum absolute atomic E-state index is 0.491. The molecule has 2 nitrogen and oxygen atoms in total. The van der Waals surface area contributed by atoms with Crippen molar-refractivity contribution in [2.45, 2.75) is 92.9 Å². The lowest BCUT2D eigenvalue weighted by Gasteiger charge is -2.32. The van der Waals surface area contributed by atoms with Gasteiger partial charge in [0.05, 0.1) is 6.67 Å². The number of rotatable bonds is 6. The maximum Gasteiger partial charge on any atom is 0.0995 e. The van der Waals surface area contributed by atoms with Gasteiger partial charge in [-0.15, -0.1) is 0 Å². The van der Waals surface area contributed by atoms with Gasteiger partial charge in [-0.1, -0.05) is 91.8 Å². The molecule has 3 rings (SSSR count). The molecule has 0 saturated heterocycles. The van der Waals surface area contributed by atoms with Crippen molar-refractivity contribution in [2.75, 3.05) is 16.5 Å². The molecule has 168 valence electrons. The molecule has 2 aromatic carbocycles. The van der Waals surface area contributed by atoms with Gasteiger partial charge in [-0.3, -0.25) is 0 Å². The lowest BCUT2D eigenvalue weighted by molar-refractivity contribution is 0.796. The van der Waals surface area contributed by atoms with Crippen LogP contribution in [0.3, 0.4) is 0 Å². The van der Waals surface area contributed by atoms with Gasteiger partial charge in [-0.2, -0.15) is 0 Å². The summed E-state index contributed by atoms with van der Waals surface area (Å²) in [5.74, 6) is 1.96. The molecule has 0 spiro atoms. The minimum Gasteiger partial charge on any atom is -0.325 e. The maximum absolute atomic E-state index is 2.57. The Balaban J connectivity index is 2.19. The molecule has 31 heavy (non-hydrogen) atoms. The Hall–Kier alpha value is -2.22. The third kappa shape index (κ3) is 4.27. The van der Waals surface area contributed by atoms with Crippen LogP contribution in [0.4, 0.5) is 11.4 Å². The Morgan fingerprint density at radius 3 is 1.00 bits per heavy atom. The molecule has 0 unspecified atom stereocenters. The first-order valence-corrected chi connectivity index (χ1v) is 12.0. The second-order valence-corrected chi connectivity index (χ2v) is 10.4. The number of para-hydroxylation sites is 2. The van der Waals surface area contributed by atoms with Gasteiger partial charge in [0.2, 0.25) is 0 Å². The summed E-state index contributed by atoms with van der Waals surface area (Å²) in [7, 11) is 0. The number of hydrogen-bond acceptors (Lipinski definition) is 2. The lowest BCUT2D eigenvalue weighted by Crippen LogP contribution is -2.30. The second-order valence-electron chi connectivity index (χ2n) is 10.4. The molecule has 0 amide bonds. The maximum atomic E-state index is 2.57. The largest absolute Gasteiger partial charge is 0.325 e. The molecule has 0 fully saturated rings. The summed E-state index contributed by atoms with van der Waals surface area (Å²) in [5.41, 5.74) is 11.3. The van der Waals surface area contributed by atoms with Crippen LogP contribution in [0.15, 0.2) is 47.8 Å². The first-order chi connectivity index (χ1) is 14.6. The van der Waals surface area contributed by atoms with Crippen LogP contribution in [-0.4, -0.2) is 6.67 Å². The predicted molar refractivity (Wildman–Crippen MR) is 137 cm³/mol. The Labute approximate surface area is 191 Å². The Kier molecular flexibility index (Phi) is 6.88. The molecule has 0 saturated carbocycles. The van der Waals surface area contributed by atoms with Crippen LogP contribution in [0.1, 0.15) is 115 Å². The lowest BCUT2D eigenvalue weighted by atomic mass is 9.91. The third-order valence-electron chi connectivity index (χ3n) is 6.84. The van der Waals surface area contributed by atoms with Gasteiger partial charge in [-0.25, -0.2) is 0 Å². The average Bonchev–Trinajstić information content (AvgIpc) is 3.00. The molecule has 0 bridgehead atoms. The highest BCUT2D eigenvalue weighted by molar-refractivity contribution is 5.73. The van der Waals surface area contributed by atoms with E-state index in [0.717, 1.165) is 6.67 Å². The van der Waals surface area contributed by atoms with Crippen molar-refractivity contribution in [3.63, 3.8) is 0 Å². The molecule has 2 aromatic rings. The number of allylic oxidation sites excluding steroid dienone is 2. The van der Waals surface area contributed by atoms with Crippen molar-refractivity contribution < 1.29 is 0 Å². The van der Waals surface area contributed by atoms with E-state index in [-0.39, 0.29) is 0 Å². The average molecular weight is 419 g/mol. The highest BCUT2D eigenvalue weighted by atomic mass is 15.4. The van der Waals surface area contributed by atoms with Gasteiger partial charge in [-0.05, 0) is 59.8 Å². The molecule has 0 atom stereocenters. The monoisotopic (exact) mass is 418 g/mol. The number of anilines is 2. The van der Waals surface area contributed by atoms with Gasteiger partial charge in [0.1, 0.15) is 0 Å². The van der Waals surface area contributed by atoms with Gasteiger partial charge in [0.25, 0.3) is 0 Å². The SMILES string of the molecule is CC1=C(C)N(c2c(C(C)C)cccc2C(C)C)CN1c1c(C(C)C)cccc1C(C)C. The zero-order valence-electron chi connectivity index (χ0n) is 21.4. The van der Waals surface area contributed by atoms with E-state index in [1.807, 2.05) is 0 Å². The van der Waals surface area contributed by atoms with Crippen LogP contribution in [0.25, 0.3) is 0 Å². The van der Waals surface area contributed by atoms with Gasteiger partial charge in [0, 0.05) is 22.8 Å². The molecule has 2 heteroatoms. The molecular weight excluding hydrogens is 376 g/mol. The van der Waals surface area contributed by atoms with Crippen LogP contribution < -0.4 is 9.80 Å². The molecule has 1 aliphatic rings. The van der Waals surface area contributed by atoms with Crippen LogP contribution >= 0.6 is 0 Å². The second kappa shape index (κ2) is 9.10. The van der Waals surface area contributed by atoms with E-state index >= 15 is 0 Å². The summed E-state index contributed by atoms with van der Waals surface area (Å²) in [6.07, 6.45) is 0. The van der Waals surface area contributed by atoms with E-state index in [1.54, 1.807) is 0 Å². The van der Waals surface area contributed by atoms with E-state index in [9.17, 15) is 0 Å². The van der Waals surface area contributed by atoms with E-state index in [4.69, 9.17) is 0 Å². The summed E-state index contributed by atoms with van der Waals surface area (Å²) >= 11 is 0. The highest BCUT2D eigenvalue weighted by Gasteiger charge is 2.32. The molecule has 1 heterocycles. The zero-order valence-corrected chi connectivity index (χ0v) is 21.4. The van der Waals surface area contributed by atoms with E-state index < -0.39 is 0 Å². The smallest absolute Gasteiger partial charge is 0.0995 e. The standard InChI is InChI=1S/C29H42N2/c1-18(2)24-13-11-14-25(19(3)4)28(24)30-17-31(23(10)22(30)9)29-26(20(5)6)15-12-16-27(29)21(7)8/h11-16,18-21H,17H2,1-10H3. The van der Waals surface area contributed by atoms with Gasteiger partial charge >= 0.3 is 0 Å². The van der Waals surface area contributed by atoms with Crippen LogP contribution in [0.5, 0.6) is 0 Å². The fraction of sp³-hybridized carbons (Fsp3) is 0.517. The number of hydrogen-bond donors (Lipinski definition) is 0. The Morgan fingerprint density at radius 2 is 0.774 bits per heavy atom. The highest BCUT2D eigenvalue weighted by Crippen LogP contribution is 2.44.